The highest BCUT2D eigenvalue weighted by Gasteiger charge is 2.42. The average Bonchev–Trinajstić information content (AvgIpc) is 2.92. The van der Waals surface area contributed by atoms with Crippen LogP contribution in [0.1, 0.15) is 44.2 Å². The molecule has 0 bridgehead atoms. The summed E-state index contributed by atoms with van der Waals surface area (Å²) >= 11 is 0. The third-order valence-electron chi connectivity index (χ3n) is 6.05. The summed E-state index contributed by atoms with van der Waals surface area (Å²) < 4.78 is 23.4. The highest BCUT2D eigenvalue weighted by Crippen LogP contribution is 2.37. The van der Waals surface area contributed by atoms with Crippen LogP contribution in [-0.4, -0.2) is 31.1 Å². The number of hydrogen-bond acceptors (Lipinski definition) is 5. The minimum absolute atomic E-state index is 0.0179. The number of Topliss-reactive ketones (excluding diaryl/α,β-unsaturated/α-hetero) is 1. The molecule has 0 aromatic heterocycles. The summed E-state index contributed by atoms with van der Waals surface area (Å²) in [4.78, 5) is 13.1. The molecule has 32 heavy (non-hydrogen) atoms. The van der Waals surface area contributed by atoms with E-state index in [1.807, 2.05) is 74.5 Å². The first-order chi connectivity index (χ1) is 15.5. The SMILES string of the molecule is C=C(C)[C@@]1(OCOCc2ccccc2)CCC(C)C(OCOCc2ccccc2)C(=O)C1. The van der Waals surface area contributed by atoms with Crippen molar-refractivity contribution in [3.63, 3.8) is 0 Å². The van der Waals surface area contributed by atoms with Crippen molar-refractivity contribution < 1.29 is 23.7 Å². The van der Waals surface area contributed by atoms with Crippen molar-refractivity contribution >= 4 is 5.78 Å². The smallest absolute Gasteiger partial charge is 0.165 e. The van der Waals surface area contributed by atoms with Gasteiger partial charge in [-0.1, -0.05) is 74.2 Å². The second-order valence-corrected chi connectivity index (χ2v) is 8.57. The zero-order chi connectivity index (χ0) is 22.8. The van der Waals surface area contributed by atoms with Crippen molar-refractivity contribution in [1.82, 2.24) is 0 Å². The molecule has 1 fully saturated rings. The molecule has 1 aliphatic rings. The molecule has 172 valence electrons. The Balaban J connectivity index is 1.51. The van der Waals surface area contributed by atoms with E-state index in [0.29, 0.717) is 19.6 Å². The standard InChI is InChI=1S/C27H34O5/c1-21(2)27(32-20-30-18-24-12-8-5-9-13-24)15-14-22(3)26(25(28)16-27)31-19-29-17-23-10-6-4-7-11-23/h4-13,22,26H,1,14-20H2,2-3H3/t22?,26?,27-/m1/s1. The molecule has 0 radical (unpaired) electrons. The number of benzene rings is 2. The summed E-state index contributed by atoms with van der Waals surface area (Å²) in [5, 5.41) is 0. The molecule has 3 rings (SSSR count). The Morgan fingerprint density at radius 2 is 1.53 bits per heavy atom. The van der Waals surface area contributed by atoms with Crippen molar-refractivity contribution in [1.29, 1.82) is 0 Å². The van der Waals surface area contributed by atoms with Gasteiger partial charge in [0.05, 0.1) is 18.8 Å². The molecule has 0 spiro atoms. The van der Waals surface area contributed by atoms with E-state index in [2.05, 4.69) is 6.58 Å². The quantitative estimate of drug-likeness (QED) is 0.202. The van der Waals surface area contributed by atoms with Crippen LogP contribution in [0.2, 0.25) is 0 Å². The van der Waals surface area contributed by atoms with Gasteiger partial charge in [-0.25, -0.2) is 0 Å². The van der Waals surface area contributed by atoms with Gasteiger partial charge < -0.3 is 18.9 Å². The van der Waals surface area contributed by atoms with E-state index >= 15 is 0 Å². The van der Waals surface area contributed by atoms with Crippen molar-refractivity contribution in [2.75, 3.05) is 13.6 Å². The molecule has 3 atom stereocenters. The fraction of sp³-hybridized carbons (Fsp3) is 0.444. The Labute approximate surface area is 191 Å². The van der Waals surface area contributed by atoms with Crippen LogP contribution in [0.25, 0.3) is 0 Å². The highest BCUT2D eigenvalue weighted by molar-refractivity contribution is 5.85. The van der Waals surface area contributed by atoms with E-state index in [0.717, 1.165) is 23.1 Å². The summed E-state index contributed by atoms with van der Waals surface area (Å²) in [7, 11) is 0. The van der Waals surface area contributed by atoms with Gasteiger partial charge in [-0.05, 0) is 42.4 Å². The van der Waals surface area contributed by atoms with Gasteiger partial charge in [-0.3, -0.25) is 4.79 Å². The van der Waals surface area contributed by atoms with Gasteiger partial charge in [0, 0.05) is 6.42 Å². The minimum atomic E-state index is -0.731. The zero-order valence-corrected chi connectivity index (χ0v) is 19.1. The zero-order valence-electron chi connectivity index (χ0n) is 19.1. The monoisotopic (exact) mass is 438 g/mol. The molecule has 5 nitrogen and oxygen atoms in total. The Hall–Kier alpha value is -2.31. The Morgan fingerprint density at radius 3 is 2.09 bits per heavy atom. The fourth-order valence-corrected chi connectivity index (χ4v) is 4.01. The summed E-state index contributed by atoms with van der Waals surface area (Å²) in [6.45, 7) is 9.18. The van der Waals surface area contributed by atoms with Gasteiger partial charge >= 0.3 is 0 Å². The van der Waals surface area contributed by atoms with Crippen LogP contribution in [0, 0.1) is 5.92 Å². The first-order valence-electron chi connectivity index (χ1n) is 11.2. The number of rotatable bonds is 11. The molecule has 2 unspecified atom stereocenters. The molecule has 2 aromatic rings. The van der Waals surface area contributed by atoms with Gasteiger partial charge in [0.1, 0.15) is 19.7 Å². The molecule has 0 amide bonds. The molecule has 1 saturated carbocycles. The van der Waals surface area contributed by atoms with Crippen LogP contribution in [-0.2, 0) is 37.0 Å². The molecule has 0 N–H and O–H groups in total. The second kappa shape index (κ2) is 12.1. The minimum Gasteiger partial charge on any atom is -0.351 e. The van der Waals surface area contributed by atoms with Crippen LogP contribution in [0.5, 0.6) is 0 Å². The third kappa shape index (κ3) is 6.84. The lowest BCUT2D eigenvalue weighted by molar-refractivity contribution is -0.157. The molecule has 2 aromatic carbocycles. The maximum Gasteiger partial charge on any atom is 0.165 e. The Kier molecular flexibility index (Phi) is 9.18. The van der Waals surface area contributed by atoms with Crippen LogP contribution < -0.4 is 0 Å². The number of carbonyl (C=O) groups excluding carboxylic acids is 1. The largest absolute Gasteiger partial charge is 0.351 e. The van der Waals surface area contributed by atoms with E-state index in [4.69, 9.17) is 18.9 Å². The molecule has 1 aliphatic carbocycles. The number of ketones is 1. The van der Waals surface area contributed by atoms with Gasteiger partial charge in [-0.15, -0.1) is 0 Å². The van der Waals surface area contributed by atoms with E-state index in [-0.39, 0.29) is 31.7 Å². The average molecular weight is 439 g/mol. The maximum atomic E-state index is 13.1. The number of ether oxygens (including phenoxy) is 4. The van der Waals surface area contributed by atoms with Crippen molar-refractivity contribution in [3.05, 3.63) is 83.9 Å². The topological polar surface area (TPSA) is 54.0 Å². The van der Waals surface area contributed by atoms with Crippen LogP contribution in [0.4, 0.5) is 0 Å². The summed E-state index contributed by atoms with van der Waals surface area (Å²) in [6.07, 6.45) is 1.21. The maximum absolute atomic E-state index is 13.1. The van der Waals surface area contributed by atoms with Gasteiger partial charge in [0.25, 0.3) is 0 Å². The lowest BCUT2D eigenvalue weighted by Gasteiger charge is -2.33. The van der Waals surface area contributed by atoms with Crippen molar-refractivity contribution in [2.24, 2.45) is 5.92 Å². The predicted octanol–water partition coefficient (Wildman–Crippen LogP) is 5.44. The molecule has 0 aliphatic heterocycles. The fourth-order valence-electron chi connectivity index (χ4n) is 4.01. The second-order valence-electron chi connectivity index (χ2n) is 8.57. The molecule has 5 heteroatoms. The van der Waals surface area contributed by atoms with Crippen molar-refractivity contribution in [2.45, 2.75) is 58.0 Å². The molecular formula is C27H34O5. The summed E-state index contributed by atoms with van der Waals surface area (Å²) in [5.41, 5.74) is 2.25. The van der Waals surface area contributed by atoms with Crippen LogP contribution >= 0.6 is 0 Å². The van der Waals surface area contributed by atoms with Gasteiger partial charge in [0.15, 0.2) is 5.78 Å². The first kappa shape index (κ1) is 24.3. The normalized spacial score (nSPS) is 23.6. The predicted molar refractivity (Wildman–Crippen MR) is 124 cm³/mol. The third-order valence-corrected chi connectivity index (χ3v) is 6.05. The van der Waals surface area contributed by atoms with Gasteiger partial charge in [0.2, 0.25) is 0 Å². The van der Waals surface area contributed by atoms with E-state index in [1.54, 1.807) is 0 Å². The lowest BCUT2D eigenvalue weighted by Crippen LogP contribution is -2.38. The highest BCUT2D eigenvalue weighted by atomic mass is 16.7. The van der Waals surface area contributed by atoms with E-state index < -0.39 is 11.7 Å². The lowest BCUT2D eigenvalue weighted by atomic mass is 9.87. The number of carbonyl (C=O) groups is 1. The Bertz CT molecular complexity index is 851. The molecule has 0 heterocycles. The molecular weight excluding hydrogens is 404 g/mol. The van der Waals surface area contributed by atoms with Crippen molar-refractivity contribution in [3.8, 4) is 0 Å². The van der Waals surface area contributed by atoms with E-state index in [1.165, 1.54) is 0 Å². The van der Waals surface area contributed by atoms with Crippen LogP contribution in [0.15, 0.2) is 72.8 Å². The van der Waals surface area contributed by atoms with Gasteiger partial charge in [-0.2, -0.15) is 0 Å². The van der Waals surface area contributed by atoms with E-state index in [9.17, 15) is 4.79 Å². The van der Waals surface area contributed by atoms with Crippen LogP contribution in [0.3, 0.4) is 0 Å². The summed E-state index contributed by atoms with van der Waals surface area (Å²) in [5.74, 6) is 0.0854. The number of hydrogen-bond donors (Lipinski definition) is 0. The molecule has 0 saturated heterocycles. The Morgan fingerprint density at radius 1 is 0.969 bits per heavy atom. The first-order valence-corrected chi connectivity index (χ1v) is 11.2. The summed E-state index contributed by atoms with van der Waals surface area (Å²) in [6, 6.07) is 19.8.